The van der Waals surface area contributed by atoms with Crippen molar-refractivity contribution in [3.05, 3.63) is 66.0 Å². The Morgan fingerprint density at radius 3 is 2.11 bits per heavy atom. The van der Waals surface area contributed by atoms with Gasteiger partial charge in [-0.15, -0.1) is 4.57 Å². The Balaban J connectivity index is 2.19. The molecule has 0 saturated carbocycles. The molecule has 0 aliphatic heterocycles. The summed E-state index contributed by atoms with van der Waals surface area (Å²) in [7, 11) is 0. The van der Waals surface area contributed by atoms with Crippen LogP contribution < -0.4 is 4.57 Å². The Kier molecular flexibility index (Phi) is 2.82. The van der Waals surface area contributed by atoms with Crippen LogP contribution in [0.25, 0.3) is 16.3 Å². The predicted molar refractivity (Wildman–Crippen MR) is 73.0 cm³/mol. The van der Waals surface area contributed by atoms with Gasteiger partial charge in [0, 0.05) is 12.1 Å². The smallest absolute Gasteiger partial charge is 0.383 e. The van der Waals surface area contributed by atoms with Crippen LogP contribution in [0, 0.1) is 0 Å². The Morgan fingerprint density at radius 1 is 0.833 bits per heavy atom. The number of hydrogen-bond acceptors (Lipinski definition) is 2. The zero-order valence-electron chi connectivity index (χ0n) is 9.65. The monoisotopic (exact) mass is 254 g/mol. The third-order valence-electron chi connectivity index (χ3n) is 2.74. The lowest BCUT2D eigenvalue weighted by Gasteiger charge is -1.98. The van der Waals surface area contributed by atoms with Gasteiger partial charge in [-0.05, 0) is 12.1 Å². The van der Waals surface area contributed by atoms with Crippen molar-refractivity contribution >= 4 is 11.3 Å². The maximum Gasteiger partial charge on any atom is 0.383 e. The minimum atomic E-state index is 0.269. The minimum absolute atomic E-state index is 0.269. The summed E-state index contributed by atoms with van der Waals surface area (Å²) in [6.07, 6.45) is 0. The molecule has 0 spiro atoms. The van der Waals surface area contributed by atoms with Crippen molar-refractivity contribution in [2.45, 2.75) is 0 Å². The number of benzene rings is 2. The first-order valence-electron chi connectivity index (χ1n) is 5.69. The summed E-state index contributed by atoms with van der Waals surface area (Å²) in [5, 5.41) is 12.8. The van der Waals surface area contributed by atoms with E-state index in [0.29, 0.717) is 0 Å². The second-order valence-electron chi connectivity index (χ2n) is 3.94. The molecule has 3 heteroatoms. The van der Waals surface area contributed by atoms with E-state index >= 15 is 0 Å². The highest BCUT2D eigenvalue weighted by Crippen LogP contribution is 2.26. The van der Waals surface area contributed by atoms with E-state index in [1.165, 1.54) is 11.3 Å². The van der Waals surface area contributed by atoms with Gasteiger partial charge in [0.1, 0.15) is 5.38 Å². The normalized spacial score (nSPS) is 10.4. The van der Waals surface area contributed by atoms with Crippen LogP contribution in [0.3, 0.4) is 0 Å². The van der Waals surface area contributed by atoms with Crippen LogP contribution in [-0.4, -0.2) is 5.11 Å². The molecule has 0 fully saturated rings. The number of nitrogens with zero attached hydrogens (tertiary/aromatic N) is 1. The Morgan fingerprint density at radius 2 is 1.44 bits per heavy atom. The molecule has 2 nitrogen and oxygen atoms in total. The van der Waals surface area contributed by atoms with Crippen LogP contribution in [0.4, 0.5) is 0 Å². The number of para-hydroxylation sites is 1. The van der Waals surface area contributed by atoms with Gasteiger partial charge >= 0.3 is 5.88 Å². The molecule has 3 rings (SSSR count). The summed E-state index contributed by atoms with van der Waals surface area (Å²) < 4.78 is 1.86. The highest BCUT2D eigenvalue weighted by molar-refractivity contribution is 7.12. The van der Waals surface area contributed by atoms with Crippen LogP contribution in [0.15, 0.2) is 66.0 Å². The highest BCUT2D eigenvalue weighted by Gasteiger charge is 2.23. The van der Waals surface area contributed by atoms with E-state index in [2.05, 4.69) is 0 Å². The van der Waals surface area contributed by atoms with Crippen molar-refractivity contribution in [2.75, 3.05) is 0 Å². The van der Waals surface area contributed by atoms with Crippen molar-refractivity contribution in [2.24, 2.45) is 0 Å². The Hall–Kier alpha value is -2.13. The third-order valence-corrected chi connectivity index (χ3v) is 3.71. The Labute approximate surface area is 109 Å². The molecular formula is C15H12NOS+. The molecule has 0 saturated heterocycles. The fourth-order valence-electron chi connectivity index (χ4n) is 1.92. The maximum absolute atomic E-state index is 10.0. The molecule has 1 heterocycles. The van der Waals surface area contributed by atoms with Gasteiger partial charge < -0.3 is 5.11 Å². The Bertz CT molecular complexity index is 647. The molecule has 1 aromatic heterocycles. The predicted octanol–water partition coefficient (Wildman–Crippen LogP) is 3.40. The molecule has 0 atom stereocenters. The minimum Gasteiger partial charge on any atom is -0.459 e. The molecule has 0 aliphatic rings. The van der Waals surface area contributed by atoms with Crippen molar-refractivity contribution in [1.29, 1.82) is 0 Å². The van der Waals surface area contributed by atoms with Gasteiger partial charge in [0.05, 0.1) is 5.56 Å². The van der Waals surface area contributed by atoms with Gasteiger partial charge in [0.15, 0.2) is 0 Å². The quantitative estimate of drug-likeness (QED) is 0.696. The molecule has 0 amide bonds. The van der Waals surface area contributed by atoms with Crippen LogP contribution >= 0.6 is 11.3 Å². The second kappa shape index (κ2) is 4.63. The summed E-state index contributed by atoms with van der Waals surface area (Å²) in [6.45, 7) is 0. The van der Waals surface area contributed by atoms with Crippen molar-refractivity contribution in [3.8, 4) is 22.1 Å². The zero-order chi connectivity index (χ0) is 12.4. The first-order chi connectivity index (χ1) is 8.86. The lowest BCUT2D eigenvalue weighted by atomic mass is 10.2. The van der Waals surface area contributed by atoms with Crippen LogP contribution in [0.5, 0.6) is 5.88 Å². The van der Waals surface area contributed by atoms with E-state index < -0.39 is 0 Å². The fourth-order valence-corrected chi connectivity index (χ4v) is 2.82. The van der Waals surface area contributed by atoms with E-state index in [9.17, 15) is 5.11 Å². The highest BCUT2D eigenvalue weighted by atomic mass is 32.1. The molecule has 18 heavy (non-hydrogen) atoms. The van der Waals surface area contributed by atoms with E-state index in [1.54, 1.807) is 5.38 Å². The third kappa shape index (κ3) is 1.89. The lowest BCUT2D eigenvalue weighted by molar-refractivity contribution is -0.587. The molecule has 88 valence electrons. The molecule has 0 bridgehead atoms. The van der Waals surface area contributed by atoms with Gasteiger partial charge in [-0.25, -0.2) is 0 Å². The number of aromatic hydroxyl groups is 1. The number of thiazole rings is 1. The van der Waals surface area contributed by atoms with Crippen LogP contribution in [0.1, 0.15) is 0 Å². The van der Waals surface area contributed by atoms with Crippen LogP contribution in [0.2, 0.25) is 0 Å². The van der Waals surface area contributed by atoms with E-state index in [1.807, 2.05) is 65.2 Å². The summed E-state index contributed by atoms with van der Waals surface area (Å²) in [6, 6.07) is 20.0. The SMILES string of the molecule is Oc1csc(-c2ccccc2)[n+]1-c1ccccc1. The number of aromatic nitrogens is 1. The van der Waals surface area contributed by atoms with E-state index in [4.69, 9.17) is 0 Å². The largest absolute Gasteiger partial charge is 0.459 e. The molecular weight excluding hydrogens is 242 g/mol. The number of hydrogen-bond donors (Lipinski definition) is 1. The van der Waals surface area contributed by atoms with Crippen molar-refractivity contribution in [3.63, 3.8) is 0 Å². The van der Waals surface area contributed by atoms with Crippen molar-refractivity contribution in [1.82, 2.24) is 0 Å². The topological polar surface area (TPSA) is 24.1 Å². The standard InChI is InChI=1S/C15H11NOS/c17-14-11-18-15(12-7-3-1-4-8-12)16(14)13-9-5-2-6-10-13/h1-11H/p+1. The summed E-state index contributed by atoms with van der Waals surface area (Å²) in [5.41, 5.74) is 2.07. The first kappa shape index (κ1) is 11.0. The maximum atomic E-state index is 10.0. The van der Waals surface area contributed by atoms with Gasteiger partial charge in [-0.1, -0.05) is 47.7 Å². The molecule has 2 aromatic carbocycles. The molecule has 1 N–H and O–H groups in total. The van der Waals surface area contributed by atoms with Gasteiger partial charge in [-0.3, -0.25) is 0 Å². The lowest BCUT2D eigenvalue weighted by Crippen LogP contribution is -2.30. The fraction of sp³-hybridized carbons (Fsp3) is 0. The average molecular weight is 254 g/mol. The van der Waals surface area contributed by atoms with Gasteiger partial charge in [0.2, 0.25) is 5.69 Å². The molecule has 0 radical (unpaired) electrons. The van der Waals surface area contributed by atoms with Gasteiger partial charge in [0.25, 0.3) is 5.01 Å². The molecule has 0 aliphatic carbocycles. The summed E-state index contributed by atoms with van der Waals surface area (Å²) in [5.74, 6) is 0.269. The first-order valence-corrected chi connectivity index (χ1v) is 6.57. The summed E-state index contributed by atoms with van der Waals surface area (Å²) >= 11 is 1.54. The summed E-state index contributed by atoms with van der Waals surface area (Å²) in [4.78, 5) is 0. The molecule has 0 unspecified atom stereocenters. The number of rotatable bonds is 2. The van der Waals surface area contributed by atoms with Crippen LogP contribution in [-0.2, 0) is 0 Å². The molecule has 3 aromatic rings. The van der Waals surface area contributed by atoms with Gasteiger partial charge in [-0.2, -0.15) is 0 Å². The zero-order valence-corrected chi connectivity index (χ0v) is 10.5. The van der Waals surface area contributed by atoms with E-state index in [-0.39, 0.29) is 5.88 Å². The average Bonchev–Trinajstić information content (AvgIpc) is 2.83. The second-order valence-corrected chi connectivity index (χ2v) is 4.79. The van der Waals surface area contributed by atoms with Crippen molar-refractivity contribution < 1.29 is 9.67 Å². The van der Waals surface area contributed by atoms with E-state index in [0.717, 1.165) is 16.3 Å².